The van der Waals surface area contributed by atoms with E-state index in [1.807, 2.05) is 47.1 Å². The van der Waals surface area contributed by atoms with E-state index >= 15 is 0 Å². The zero-order valence-electron chi connectivity index (χ0n) is 21.4. The number of nitrogens with zero attached hydrogens (tertiary/aromatic N) is 6. The Labute approximate surface area is 217 Å². The van der Waals surface area contributed by atoms with E-state index in [4.69, 9.17) is 15.7 Å². The molecular formula is C28H33N7O2. The van der Waals surface area contributed by atoms with Gasteiger partial charge in [0.2, 0.25) is 0 Å². The molecule has 1 aliphatic carbocycles. The number of benzene rings is 1. The second kappa shape index (κ2) is 9.34. The number of aliphatic imine (C=N–C) groups is 1. The molecule has 2 saturated heterocycles. The largest absolute Gasteiger partial charge is 0.341 e. The van der Waals surface area contributed by atoms with Gasteiger partial charge in [-0.15, -0.1) is 5.92 Å². The molecule has 3 aliphatic heterocycles. The summed E-state index contributed by atoms with van der Waals surface area (Å²) in [4.78, 5) is 45.2. The number of likely N-dealkylation sites (tertiary alicyclic amines) is 1. The third-order valence-corrected chi connectivity index (χ3v) is 7.74. The Morgan fingerprint density at radius 3 is 2.73 bits per heavy atom. The van der Waals surface area contributed by atoms with E-state index in [0.29, 0.717) is 13.1 Å². The molecule has 37 heavy (non-hydrogen) atoms. The van der Waals surface area contributed by atoms with Crippen molar-refractivity contribution in [2.24, 2.45) is 10.7 Å². The molecule has 1 saturated carbocycles. The lowest BCUT2D eigenvalue weighted by molar-refractivity contribution is -0.138. The summed E-state index contributed by atoms with van der Waals surface area (Å²) in [5.74, 6) is 6.60. The smallest absolute Gasteiger partial charge is 0.329 e. The number of carbonyl (C=O) groups is 2. The number of piperidine rings is 1. The monoisotopic (exact) mass is 499 g/mol. The molecule has 0 spiro atoms. The van der Waals surface area contributed by atoms with Crippen LogP contribution in [0.25, 0.3) is 10.8 Å². The van der Waals surface area contributed by atoms with Crippen molar-refractivity contribution in [1.82, 2.24) is 24.6 Å². The molecule has 9 heteroatoms. The molecule has 2 N–H and O–H groups in total. The Kier molecular flexibility index (Phi) is 6.00. The molecule has 9 nitrogen and oxygen atoms in total. The normalized spacial score (nSPS) is 25.8. The highest BCUT2D eigenvalue weighted by Crippen LogP contribution is 2.38. The van der Waals surface area contributed by atoms with E-state index in [1.165, 1.54) is 4.90 Å². The fourth-order valence-corrected chi connectivity index (χ4v) is 5.88. The van der Waals surface area contributed by atoms with Crippen molar-refractivity contribution in [1.29, 1.82) is 0 Å². The van der Waals surface area contributed by atoms with E-state index in [9.17, 15) is 9.59 Å². The molecule has 3 atom stereocenters. The number of guanidine groups is 1. The van der Waals surface area contributed by atoms with Crippen LogP contribution in [0.5, 0.6) is 0 Å². The van der Waals surface area contributed by atoms with E-state index in [1.54, 1.807) is 6.92 Å². The predicted octanol–water partition coefficient (Wildman–Crippen LogP) is 2.28. The van der Waals surface area contributed by atoms with E-state index in [0.717, 1.165) is 60.3 Å². The number of aryl methyl sites for hydroxylation is 1. The number of amides is 3. The van der Waals surface area contributed by atoms with Crippen LogP contribution in [0.15, 0.2) is 35.3 Å². The maximum absolute atomic E-state index is 14.1. The molecule has 2 unspecified atom stereocenters. The zero-order valence-corrected chi connectivity index (χ0v) is 21.4. The van der Waals surface area contributed by atoms with Crippen LogP contribution < -0.4 is 5.73 Å². The van der Waals surface area contributed by atoms with Crippen LogP contribution >= 0.6 is 0 Å². The molecule has 1 aromatic carbocycles. The summed E-state index contributed by atoms with van der Waals surface area (Å²) in [7, 11) is 0. The minimum atomic E-state index is -0.608. The predicted molar refractivity (Wildman–Crippen MR) is 141 cm³/mol. The average Bonchev–Trinajstić information content (AvgIpc) is 3.65. The van der Waals surface area contributed by atoms with Gasteiger partial charge >= 0.3 is 6.03 Å². The zero-order chi connectivity index (χ0) is 25.7. The fraction of sp³-hybridized carbons (Fsp3) is 0.500. The van der Waals surface area contributed by atoms with Crippen molar-refractivity contribution in [2.45, 2.75) is 70.4 Å². The van der Waals surface area contributed by atoms with Gasteiger partial charge in [-0.3, -0.25) is 19.6 Å². The summed E-state index contributed by atoms with van der Waals surface area (Å²) in [6.45, 7) is 5.75. The summed E-state index contributed by atoms with van der Waals surface area (Å²) in [6, 6.07) is 9.28. The molecule has 2 aromatic rings. The number of rotatable bonds is 4. The standard InChI is InChI=1S/C28H33N7O2/c1-3-4-14-33-24-25(31-27(33)32-13-7-9-20(29)16-32)35(21-11-12-21)28(37)34(26(24)36)17-23-22-10-6-5-8-19(22)15-18(2)30-23/h5-6,8,10,15,20-21,24-25H,7,9,11-14,16-17,29H2,1-2H3/t20-,24?,25?/m1/s1. The van der Waals surface area contributed by atoms with Crippen LogP contribution in [-0.2, 0) is 11.3 Å². The molecule has 0 bridgehead atoms. The molecule has 4 heterocycles. The maximum atomic E-state index is 14.1. The van der Waals surface area contributed by atoms with Gasteiger partial charge in [0, 0.05) is 36.3 Å². The fourth-order valence-electron chi connectivity index (χ4n) is 5.88. The first kappa shape index (κ1) is 23.7. The summed E-state index contributed by atoms with van der Waals surface area (Å²) in [5, 5.41) is 2.00. The van der Waals surface area contributed by atoms with Gasteiger partial charge in [0.15, 0.2) is 18.2 Å². The lowest BCUT2D eigenvalue weighted by atomic mass is 10.1. The number of hydrogen-bond acceptors (Lipinski definition) is 7. The third-order valence-electron chi connectivity index (χ3n) is 7.74. The van der Waals surface area contributed by atoms with Crippen LogP contribution in [0, 0.1) is 18.8 Å². The number of pyridine rings is 1. The first-order valence-corrected chi connectivity index (χ1v) is 13.2. The van der Waals surface area contributed by atoms with E-state index in [2.05, 4.69) is 16.7 Å². The van der Waals surface area contributed by atoms with E-state index in [-0.39, 0.29) is 30.6 Å². The van der Waals surface area contributed by atoms with Crippen LogP contribution in [0.2, 0.25) is 0 Å². The Balaban J connectivity index is 1.39. The van der Waals surface area contributed by atoms with Gasteiger partial charge in [-0.2, -0.15) is 0 Å². The van der Waals surface area contributed by atoms with E-state index < -0.39 is 12.2 Å². The molecule has 3 amide bonds. The number of hydrogen-bond donors (Lipinski definition) is 1. The van der Waals surface area contributed by atoms with Gasteiger partial charge in [0.25, 0.3) is 5.91 Å². The van der Waals surface area contributed by atoms with Crippen LogP contribution in [-0.4, -0.2) is 86.4 Å². The summed E-state index contributed by atoms with van der Waals surface area (Å²) in [6.07, 6.45) is 3.26. The van der Waals surface area contributed by atoms with Crippen LogP contribution in [0.3, 0.4) is 0 Å². The third kappa shape index (κ3) is 4.19. The van der Waals surface area contributed by atoms with Gasteiger partial charge in [0.05, 0.1) is 18.8 Å². The molecule has 4 aliphatic rings. The number of carbonyl (C=O) groups excluding carboxylic acids is 2. The highest BCUT2D eigenvalue weighted by Gasteiger charge is 2.57. The van der Waals surface area contributed by atoms with Crippen LogP contribution in [0.4, 0.5) is 4.79 Å². The highest BCUT2D eigenvalue weighted by molar-refractivity contribution is 6.04. The molecule has 0 radical (unpaired) electrons. The molecule has 3 fully saturated rings. The van der Waals surface area contributed by atoms with Gasteiger partial charge in [-0.05, 0) is 51.0 Å². The summed E-state index contributed by atoms with van der Waals surface area (Å²) in [5.41, 5.74) is 7.88. The number of aromatic nitrogens is 1. The minimum absolute atomic E-state index is 0.0623. The first-order valence-electron chi connectivity index (χ1n) is 13.2. The number of urea groups is 1. The molecule has 192 valence electrons. The maximum Gasteiger partial charge on any atom is 0.329 e. The number of nitrogens with two attached hydrogens (primary N) is 1. The molecular weight excluding hydrogens is 466 g/mol. The van der Waals surface area contributed by atoms with Gasteiger partial charge < -0.3 is 15.5 Å². The second-order valence-corrected chi connectivity index (χ2v) is 10.5. The SMILES string of the molecule is CC#CCN1C(N2CCC[C@@H](N)C2)=NC2C1C(=O)N(Cc1nc(C)cc3ccccc13)C(=O)N2C1CC1. The second-order valence-electron chi connectivity index (χ2n) is 10.5. The van der Waals surface area contributed by atoms with Gasteiger partial charge in [-0.1, -0.05) is 30.2 Å². The van der Waals surface area contributed by atoms with Crippen molar-refractivity contribution < 1.29 is 9.59 Å². The van der Waals surface area contributed by atoms with Crippen molar-refractivity contribution in [3.63, 3.8) is 0 Å². The number of imide groups is 1. The average molecular weight is 500 g/mol. The topological polar surface area (TPSA) is 98.4 Å². The highest BCUT2D eigenvalue weighted by atomic mass is 16.2. The Morgan fingerprint density at radius 1 is 1.16 bits per heavy atom. The van der Waals surface area contributed by atoms with Crippen molar-refractivity contribution >= 4 is 28.7 Å². The Hall–Kier alpha value is -3.64. The Morgan fingerprint density at radius 2 is 1.97 bits per heavy atom. The molecule has 1 aromatic heterocycles. The first-order chi connectivity index (χ1) is 18.0. The Bertz CT molecular complexity index is 1340. The van der Waals surface area contributed by atoms with Crippen molar-refractivity contribution in [3.8, 4) is 11.8 Å². The van der Waals surface area contributed by atoms with Gasteiger partial charge in [-0.25, -0.2) is 9.79 Å². The molecule has 6 rings (SSSR count). The summed E-state index contributed by atoms with van der Waals surface area (Å²) >= 11 is 0. The lowest BCUT2D eigenvalue weighted by Gasteiger charge is -2.43. The van der Waals surface area contributed by atoms with Crippen molar-refractivity contribution in [3.05, 3.63) is 41.7 Å². The lowest BCUT2D eigenvalue weighted by Crippen LogP contribution is -2.66. The number of fused-ring (bicyclic) bond motifs is 2. The minimum Gasteiger partial charge on any atom is -0.341 e. The van der Waals surface area contributed by atoms with Gasteiger partial charge in [0.1, 0.15) is 0 Å². The summed E-state index contributed by atoms with van der Waals surface area (Å²) < 4.78 is 0. The van der Waals surface area contributed by atoms with Crippen LogP contribution in [0.1, 0.15) is 44.0 Å². The quantitative estimate of drug-likeness (QED) is 0.649. The van der Waals surface area contributed by atoms with Crippen molar-refractivity contribution in [2.75, 3.05) is 19.6 Å².